The zero-order valence-electron chi connectivity index (χ0n) is 30.7. The molecule has 17 heteroatoms. The molecule has 1 saturated heterocycles. The third kappa shape index (κ3) is 16.8. The molecule has 1 fully saturated rings. The molecule has 2 aliphatic heterocycles. The second kappa shape index (κ2) is 26.0. The molecular formula is C34H55NO13S3. The molecule has 5 atom stereocenters. The molecule has 2 aliphatic rings. The summed E-state index contributed by atoms with van der Waals surface area (Å²) in [7, 11) is 0. The fourth-order valence-corrected chi connectivity index (χ4v) is 8.50. The minimum Gasteiger partial charge on any atom is -0.456 e. The fourth-order valence-electron chi connectivity index (χ4n) is 4.87. The van der Waals surface area contributed by atoms with Gasteiger partial charge in [0.25, 0.3) is 11.8 Å². The van der Waals surface area contributed by atoms with Crippen molar-refractivity contribution in [3.63, 3.8) is 0 Å². The van der Waals surface area contributed by atoms with Crippen LogP contribution in [0.2, 0.25) is 0 Å². The van der Waals surface area contributed by atoms with Crippen LogP contribution in [0.4, 0.5) is 0 Å². The van der Waals surface area contributed by atoms with E-state index in [-0.39, 0.29) is 25.0 Å². The van der Waals surface area contributed by atoms with Crippen molar-refractivity contribution in [3.8, 4) is 0 Å². The van der Waals surface area contributed by atoms with Gasteiger partial charge < -0.3 is 37.9 Å². The molecule has 0 radical (unpaired) electrons. The number of thioether (sulfide) groups is 3. The number of imide groups is 1. The van der Waals surface area contributed by atoms with E-state index < -0.39 is 47.8 Å². The molecule has 0 aliphatic carbocycles. The first-order valence-corrected chi connectivity index (χ1v) is 20.5. The number of ether oxygens (including phenoxy) is 8. The van der Waals surface area contributed by atoms with Gasteiger partial charge in [0.1, 0.15) is 5.44 Å². The molecule has 2 amide bonds. The number of esters is 3. The molecule has 0 saturated carbocycles. The van der Waals surface area contributed by atoms with E-state index in [4.69, 9.17) is 37.9 Å². The predicted molar refractivity (Wildman–Crippen MR) is 195 cm³/mol. The van der Waals surface area contributed by atoms with Gasteiger partial charge in [0.05, 0.1) is 75.3 Å². The largest absolute Gasteiger partial charge is 0.456 e. The van der Waals surface area contributed by atoms with Crippen LogP contribution in [-0.4, -0.2) is 141 Å². The molecule has 2 rings (SSSR count). The molecule has 0 bridgehead atoms. The Morgan fingerprint density at radius 1 is 0.627 bits per heavy atom. The normalized spacial score (nSPS) is 22.1. The lowest BCUT2D eigenvalue weighted by molar-refractivity contribution is -0.229. The number of amides is 2. The summed E-state index contributed by atoms with van der Waals surface area (Å²) in [4.78, 5) is 63.7. The minimum atomic E-state index is -1.02. The van der Waals surface area contributed by atoms with Crippen LogP contribution in [0.5, 0.6) is 0 Å². The Balaban J connectivity index is 1.58. The Kier molecular flexibility index (Phi) is 23.1. The summed E-state index contributed by atoms with van der Waals surface area (Å²) in [6.07, 6.45) is 0.495. The Labute approximate surface area is 314 Å². The third-order valence-corrected chi connectivity index (χ3v) is 10.9. The Morgan fingerprint density at radius 3 is 1.53 bits per heavy atom. The lowest BCUT2D eigenvalue weighted by atomic mass is 10.00. The zero-order chi connectivity index (χ0) is 37.6. The first-order valence-electron chi connectivity index (χ1n) is 17.5. The molecule has 2 heterocycles. The Hall–Kier alpha value is -1.86. The molecule has 0 spiro atoms. The van der Waals surface area contributed by atoms with Gasteiger partial charge in [-0.2, -0.15) is 0 Å². The van der Waals surface area contributed by atoms with Crippen molar-refractivity contribution in [3.05, 3.63) is 9.81 Å². The molecular weight excluding hydrogens is 727 g/mol. The molecule has 0 unspecified atom stereocenters. The number of unbranched alkanes of at least 4 members (excludes halogenated alkanes) is 2. The van der Waals surface area contributed by atoms with E-state index in [0.717, 1.165) is 37.2 Å². The molecule has 292 valence electrons. The molecule has 14 nitrogen and oxygen atoms in total. The van der Waals surface area contributed by atoms with Gasteiger partial charge in [-0.1, -0.05) is 26.7 Å². The van der Waals surface area contributed by atoms with E-state index >= 15 is 0 Å². The lowest BCUT2D eigenvalue weighted by Gasteiger charge is -2.43. The van der Waals surface area contributed by atoms with E-state index in [1.807, 2.05) is 0 Å². The summed E-state index contributed by atoms with van der Waals surface area (Å²) >= 11 is 4.30. The average Bonchev–Trinajstić information content (AvgIpc) is 3.29. The summed E-state index contributed by atoms with van der Waals surface area (Å²) in [5.41, 5.74) is -0.678. The first-order chi connectivity index (χ1) is 24.5. The van der Waals surface area contributed by atoms with Gasteiger partial charge >= 0.3 is 17.9 Å². The van der Waals surface area contributed by atoms with Gasteiger partial charge in [-0.05, 0) is 31.3 Å². The molecule has 0 N–H and O–H groups in total. The summed E-state index contributed by atoms with van der Waals surface area (Å²) < 4.78 is 44.6. The van der Waals surface area contributed by atoms with Crippen LogP contribution in [0.25, 0.3) is 0 Å². The number of hydrogen-bond acceptors (Lipinski definition) is 16. The van der Waals surface area contributed by atoms with Crippen LogP contribution in [0.1, 0.15) is 67.2 Å². The minimum absolute atomic E-state index is 0.208. The summed E-state index contributed by atoms with van der Waals surface area (Å²) in [6, 6.07) is 0. The number of hydrogen-bond donors (Lipinski definition) is 0. The van der Waals surface area contributed by atoms with E-state index in [9.17, 15) is 24.0 Å². The number of rotatable bonds is 27. The van der Waals surface area contributed by atoms with Gasteiger partial charge in [0.15, 0.2) is 18.3 Å². The monoisotopic (exact) mass is 781 g/mol. The topological polar surface area (TPSA) is 162 Å². The lowest BCUT2D eigenvalue weighted by Crippen LogP contribution is -2.59. The number of nitrogens with zero attached hydrogens (tertiary/aromatic N) is 1. The summed E-state index contributed by atoms with van der Waals surface area (Å²) in [5.74, 6) is -0.0762. The van der Waals surface area contributed by atoms with Crippen molar-refractivity contribution in [2.75, 3.05) is 76.7 Å². The quantitative estimate of drug-likeness (QED) is 0.0509. The Morgan fingerprint density at radius 2 is 1.06 bits per heavy atom. The maximum Gasteiger partial charge on any atom is 0.303 e. The summed E-state index contributed by atoms with van der Waals surface area (Å²) in [5, 5.41) is 0. The number of carbonyl (C=O) groups is 5. The highest BCUT2D eigenvalue weighted by Crippen LogP contribution is 2.37. The van der Waals surface area contributed by atoms with Crippen LogP contribution >= 0.6 is 35.3 Å². The van der Waals surface area contributed by atoms with Gasteiger partial charge in [-0.25, -0.2) is 0 Å². The van der Waals surface area contributed by atoms with Gasteiger partial charge in [0, 0.05) is 26.5 Å². The van der Waals surface area contributed by atoms with E-state index in [1.54, 1.807) is 6.92 Å². The molecule has 0 aromatic heterocycles. The standard InChI is InChI=1S/C34H55NO13S3/c1-7-9-20-49-30-31(50-21-10-8-2)33(40)35(32(30)39)11-12-41-13-14-42-15-16-43-17-18-44-19-22-51-34-29(48-26(6)38)28(47-25(5)37)27(23(3)45-34)46-24(4)36/h23,27-29,34H,7-22H2,1-6H3/t23-,27+,28+,29-,34+/m0/s1. The number of carbonyl (C=O) groups excluding carboxylic acids is 5. The second-order valence-electron chi connectivity index (χ2n) is 11.6. The zero-order valence-corrected chi connectivity index (χ0v) is 33.1. The van der Waals surface area contributed by atoms with Gasteiger partial charge in [-0.3, -0.25) is 28.9 Å². The van der Waals surface area contributed by atoms with Crippen LogP contribution < -0.4 is 0 Å². The van der Waals surface area contributed by atoms with E-state index in [1.165, 1.54) is 61.0 Å². The first kappa shape index (κ1) is 45.3. The highest BCUT2D eigenvalue weighted by Gasteiger charge is 2.50. The van der Waals surface area contributed by atoms with Crippen molar-refractivity contribution in [1.82, 2.24) is 4.90 Å². The maximum absolute atomic E-state index is 13.0. The highest BCUT2D eigenvalue weighted by molar-refractivity contribution is 8.08. The average molecular weight is 782 g/mol. The van der Waals surface area contributed by atoms with Crippen molar-refractivity contribution in [2.45, 2.75) is 97.1 Å². The smallest absolute Gasteiger partial charge is 0.303 e. The van der Waals surface area contributed by atoms with Crippen molar-refractivity contribution < 1.29 is 61.9 Å². The van der Waals surface area contributed by atoms with Gasteiger partial charge in [0.2, 0.25) is 0 Å². The van der Waals surface area contributed by atoms with Crippen molar-refractivity contribution in [1.29, 1.82) is 0 Å². The van der Waals surface area contributed by atoms with Crippen LogP contribution in [-0.2, 0) is 61.9 Å². The van der Waals surface area contributed by atoms with E-state index in [2.05, 4.69) is 13.8 Å². The molecule has 0 aromatic rings. The van der Waals surface area contributed by atoms with Crippen molar-refractivity contribution >= 4 is 65.0 Å². The third-order valence-electron chi connectivity index (χ3n) is 7.29. The fraction of sp³-hybridized carbons (Fsp3) is 0.794. The van der Waals surface area contributed by atoms with Crippen LogP contribution in [0.3, 0.4) is 0 Å². The predicted octanol–water partition coefficient (Wildman–Crippen LogP) is 3.97. The van der Waals surface area contributed by atoms with Crippen molar-refractivity contribution in [2.24, 2.45) is 0 Å². The maximum atomic E-state index is 13.0. The summed E-state index contributed by atoms with van der Waals surface area (Å²) in [6.45, 7) is 12.5. The molecule has 0 aromatic carbocycles. The SMILES string of the molecule is CCCCSC1=C(SCCCC)C(=O)N(CCOCCOCCOCCOCCS[C@H]2O[C@@H](C)[C@@H](OC(C)=O)[C@@H](OC(C)=O)[C@@H]2OC(C)=O)C1=O. The second-order valence-corrected chi connectivity index (χ2v) is 15.0. The van der Waals surface area contributed by atoms with E-state index in [0.29, 0.717) is 61.8 Å². The highest BCUT2D eigenvalue weighted by atomic mass is 32.2. The van der Waals surface area contributed by atoms with Crippen LogP contribution in [0.15, 0.2) is 9.81 Å². The Bertz CT molecular complexity index is 1110. The van der Waals surface area contributed by atoms with Gasteiger partial charge in [-0.15, -0.1) is 35.3 Å². The molecule has 51 heavy (non-hydrogen) atoms. The van der Waals surface area contributed by atoms with Crippen LogP contribution in [0, 0.1) is 0 Å².